The van der Waals surface area contributed by atoms with E-state index in [1.807, 2.05) is 0 Å². The molecule has 0 atom stereocenters. The molecule has 0 unspecified atom stereocenters. The number of hydrogen-bond acceptors (Lipinski definition) is 4. The van der Waals surface area contributed by atoms with Crippen LogP contribution in [0, 0.1) is 19.8 Å². The van der Waals surface area contributed by atoms with E-state index in [1.54, 1.807) is 11.3 Å². The van der Waals surface area contributed by atoms with E-state index < -0.39 is 0 Å². The van der Waals surface area contributed by atoms with Crippen LogP contribution in [0.2, 0.25) is 0 Å². The maximum Gasteiger partial charge on any atom is 0.191 e. The van der Waals surface area contributed by atoms with Gasteiger partial charge in [0.1, 0.15) is 0 Å². The van der Waals surface area contributed by atoms with Gasteiger partial charge in [0.25, 0.3) is 0 Å². The molecule has 0 amide bonds. The van der Waals surface area contributed by atoms with Gasteiger partial charge in [-0.25, -0.2) is 9.98 Å². The van der Waals surface area contributed by atoms with Crippen molar-refractivity contribution in [2.45, 2.75) is 53.6 Å². The quantitative estimate of drug-likeness (QED) is 0.320. The topological polar surface area (TPSA) is 52.6 Å². The number of thiazole rings is 1. The normalized spacial score (nSPS) is 15.2. The van der Waals surface area contributed by atoms with E-state index in [0.29, 0.717) is 6.54 Å². The molecule has 1 aliphatic rings. The summed E-state index contributed by atoms with van der Waals surface area (Å²) in [5, 5.41) is 7.87. The van der Waals surface area contributed by atoms with Crippen LogP contribution in [-0.4, -0.2) is 30.6 Å². The molecule has 1 saturated heterocycles. The number of aliphatic imine (C=N–C) groups is 1. The van der Waals surface area contributed by atoms with E-state index in [9.17, 15) is 0 Å². The Kier molecular flexibility index (Phi) is 9.68. The van der Waals surface area contributed by atoms with Gasteiger partial charge in [0.15, 0.2) is 5.96 Å². The SMILES string of the molecule is CCNC(=NCc1ccc(N2CCC(C)CC2)cc1)NCc1sc(C)nc1C.I. The van der Waals surface area contributed by atoms with Gasteiger partial charge < -0.3 is 15.5 Å². The lowest BCUT2D eigenvalue weighted by Crippen LogP contribution is -2.36. The van der Waals surface area contributed by atoms with Crippen LogP contribution in [0.25, 0.3) is 0 Å². The first-order valence-electron chi connectivity index (χ1n) is 10.3. The molecule has 0 radical (unpaired) electrons. The summed E-state index contributed by atoms with van der Waals surface area (Å²) >= 11 is 1.74. The minimum absolute atomic E-state index is 0. The Morgan fingerprint density at radius 3 is 2.45 bits per heavy atom. The molecule has 0 bridgehead atoms. The smallest absolute Gasteiger partial charge is 0.191 e. The highest BCUT2D eigenvalue weighted by molar-refractivity contribution is 14.0. The van der Waals surface area contributed by atoms with E-state index in [4.69, 9.17) is 4.99 Å². The number of hydrogen-bond donors (Lipinski definition) is 2. The van der Waals surface area contributed by atoms with Crippen LogP contribution < -0.4 is 15.5 Å². The lowest BCUT2D eigenvalue weighted by molar-refractivity contribution is 0.438. The number of piperidine rings is 1. The third kappa shape index (κ3) is 7.13. The van der Waals surface area contributed by atoms with Crippen molar-refractivity contribution in [1.82, 2.24) is 15.6 Å². The molecule has 1 aliphatic heterocycles. The second-order valence-corrected chi connectivity index (χ2v) is 8.91. The molecule has 0 aliphatic carbocycles. The first-order chi connectivity index (χ1) is 13.5. The summed E-state index contributed by atoms with van der Waals surface area (Å²) in [4.78, 5) is 13.0. The molecule has 160 valence electrons. The Balaban J connectivity index is 0.00000300. The van der Waals surface area contributed by atoms with Crippen molar-refractivity contribution in [2.75, 3.05) is 24.5 Å². The fourth-order valence-corrected chi connectivity index (χ4v) is 4.37. The van der Waals surface area contributed by atoms with Gasteiger partial charge in [0.2, 0.25) is 0 Å². The summed E-state index contributed by atoms with van der Waals surface area (Å²) < 4.78 is 0. The number of aromatic nitrogens is 1. The summed E-state index contributed by atoms with van der Waals surface area (Å²) in [7, 11) is 0. The molecular weight excluding hydrogens is 493 g/mol. The van der Waals surface area contributed by atoms with Crippen LogP contribution in [0.15, 0.2) is 29.3 Å². The average molecular weight is 528 g/mol. The number of nitrogens with one attached hydrogen (secondary N) is 2. The number of anilines is 1. The Morgan fingerprint density at radius 1 is 1.17 bits per heavy atom. The van der Waals surface area contributed by atoms with Crippen molar-refractivity contribution in [2.24, 2.45) is 10.9 Å². The van der Waals surface area contributed by atoms with E-state index >= 15 is 0 Å². The number of guanidine groups is 1. The number of rotatable bonds is 6. The van der Waals surface area contributed by atoms with Gasteiger partial charge in [-0.15, -0.1) is 35.3 Å². The third-order valence-electron chi connectivity index (χ3n) is 5.27. The highest BCUT2D eigenvalue weighted by Gasteiger charge is 2.15. The van der Waals surface area contributed by atoms with Gasteiger partial charge in [0.05, 0.1) is 23.8 Å². The molecule has 2 N–H and O–H groups in total. The molecule has 2 aromatic rings. The zero-order valence-electron chi connectivity index (χ0n) is 18.0. The predicted octanol–water partition coefficient (Wildman–Crippen LogP) is 4.87. The van der Waals surface area contributed by atoms with Crippen LogP contribution in [-0.2, 0) is 13.1 Å². The van der Waals surface area contributed by atoms with Gasteiger partial charge in [0, 0.05) is 30.2 Å². The van der Waals surface area contributed by atoms with Crippen molar-refractivity contribution in [1.29, 1.82) is 0 Å². The zero-order valence-corrected chi connectivity index (χ0v) is 21.1. The minimum Gasteiger partial charge on any atom is -0.372 e. The molecule has 2 heterocycles. The van der Waals surface area contributed by atoms with E-state index in [0.717, 1.165) is 35.7 Å². The summed E-state index contributed by atoms with van der Waals surface area (Å²) in [5.41, 5.74) is 3.67. The van der Waals surface area contributed by atoms with Gasteiger partial charge in [-0.05, 0) is 57.2 Å². The van der Waals surface area contributed by atoms with Gasteiger partial charge in [-0.1, -0.05) is 19.1 Å². The second kappa shape index (κ2) is 11.7. The minimum atomic E-state index is 0. The average Bonchev–Trinajstić information content (AvgIpc) is 3.02. The molecule has 29 heavy (non-hydrogen) atoms. The molecule has 0 spiro atoms. The highest BCUT2D eigenvalue weighted by Crippen LogP contribution is 2.23. The Morgan fingerprint density at radius 2 is 1.86 bits per heavy atom. The highest BCUT2D eigenvalue weighted by atomic mass is 127. The fourth-order valence-electron chi connectivity index (χ4n) is 3.49. The maximum atomic E-state index is 4.75. The van der Waals surface area contributed by atoms with Crippen molar-refractivity contribution in [3.8, 4) is 0 Å². The molecule has 5 nitrogen and oxygen atoms in total. The Hall–Kier alpha value is -1.35. The standard InChI is InChI=1S/C22H33N5S.HI/c1-5-23-22(25-15-21-17(3)26-18(4)28-21)24-14-19-6-8-20(9-7-19)27-12-10-16(2)11-13-27;/h6-9,16H,5,10-15H2,1-4H3,(H2,23,24,25);1H. The van der Waals surface area contributed by atoms with Crippen LogP contribution in [0.4, 0.5) is 5.69 Å². The van der Waals surface area contributed by atoms with Crippen LogP contribution in [0.5, 0.6) is 0 Å². The third-order valence-corrected chi connectivity index (χ3v) is 6.34. The Labute approximate surface area is 196 Å². The lowest BCUT2D eigenvalue weighted by Gasteiger charge is -2.32. The number of aryl methyl sites for hydroxylation is 2. The van der Waals surface area contributed by atoms with Crippen molar-refractivity contribution in [3.63, 3.8) is 0 Å². The Bertz CT molecular complexity index is 779. The van der Waals surface area contributed by atoms with Crippen molar-refractivity contribution in [3.05, 3.63) is 45.4 Å². The molecule has 7 heteroatoms. The zero-order chi connectivity index (χ0) is 19.9. The molecule has 1 aromatic heterocycles. The number of nitrogens with zero attached hydrogens (tertiary/aromatic N) is 3. The van der Waals surface area contributed by atoms with E-state index in [1.165, 1.54) is 42.1 Å². The summed E-state index contributed by atoms with van der Waals surface area (Å²) in [6.45, 7) is 13.2. The molecule has 1 aromatic carbocycles. The van der Waals surface area contributed by atoms with Crippen LogP contribution in [0.1, 0.15) is 47.8 Å². The molecular formula is C22H34IN5S. The van der Waals surface area contributed by atoms with Crippen molar-refractivity contribution >= 4 is 47.0 Å². The number of benzene rings is 1. The molecule has 3 rings (SSSR count). The monoisotopic (exact) mass is 527 g/mol. The fraction of sp³-hybridized carbons (Fsp3) is 0.545. The van der Waals surface area contributed by atoms with E-state index in [2.05, 4.69) is 72.5 Å². The van der Waals surface area contributed by atoms with E-state index in [-0.39, 0.29) is 24.0 Å². The largest absolute Gasteiger partial charge is 0.372 e. The summed E-state index contributed by atoms with van der Waals surface area (Å²) in [5.74, 6) is 1.71. The first kappa shape index (κ1) is 23.9. The lowest BCUT2D eigenvalue weighted by atomic mass is 9.99. The second-order valence-electron chi connectivity index (χ2n) is 7.63. The van der Waals surface area contributed by atoms with Crippen molar-refractivity contribution < 1.29 is 0 Å². The van der Waals surface area contributed by atoms with Gasteiger partial charge in [-0.2, -0.15) is 0 Å². The first-order valence-corrected chi connectivity index (χ1v) is 11.2. The molecule has 1 fully saturated rings. The van der Waals surface area contributed by atoms with Gasteiger partial charge >= 0.3 is 0 Å². The number of halogens is 1. The maximum absolute atomic E-state index is 4.75. The molecule has 0 saturated carbocycles. The van der Waals surface area contributed by atoms with Gasteiger partial charge in [-0.3, -0.25) is 0 Å². The summed E-state index contributed by atoms with van der Waals surface area (Å²) in [6, 6.07) is 8.89. The van der Waals surface area contributed by atoms with Crippen LogP contribution >= 0.6 is 35.3 Å². The van der Waals surface area contributed by atoms with Crippen LogP contribution in [0.3, 0.4) is 0 Å². The summed E-state index contributed by atoms with van der Waals surface area (Å²) in [6.07, 6.45) is 2.59. The predicted molar refractivity (Wildman–Crippen MR) is 136 cm³/mol.